The summed E-state index contributed by atoms with van der Waals surface area (Å²) in [7, 11) is 0. The van der Waals surface area contributed by atoms with Crippen LogP contribution in [0.15, 0.2) is 206 Å². The monoisotopic (exact) mass is 682 g/mol. The molecule has 0 unspecified atom stereocenters. The number of hydrogen-bond acceptors (Lipinski definition) is 0. The van der Waals surface area contributed by atoms with Gasteiger partial charge in [-0.2, -0.15) is 0 Å². The third-order valence-electron chi connectivity index (χ3n) is 11.4. The zero-order valence-electron chi connectivity index (χ0n) is 29.6. The Morgan fingerprint density at radius 1 is 0.167 bits per heavy atom. The Labute approximate surface area is 314 Å². The van der Waals surface area contributed by atoms with Crippen LogP contribution in [0.25, 0.3) is 109 Å². The maximum absolute atomic E-state index is 2.40. The van der Waals surface area contributed by atoms with Crippen molar-refractivity contribution in [3.8, 4) is 44.5 Å². The minimum Gasteiger partial charge on any atom is -0.0622 e. The molecule has 0 saturated heterocycles. The second-order valence-electron chi connectivity index (χ2n) is 14.4. The van der Waals surface area contributed by atoms with Crippen LogP contribution >= 0.6 is 0 Å². The normalized spacial score (nSPS) is 11.7. The van der Waals surface area contributed by atoms with E-state index >= 15 is 0 Å². The molecule has 0 aliphatic rings. The van der Waals surface area contributed by atoms with Crippen LogP contribution in [0.5, 0.6) is 0 Å². The Bertz CT molecular complexity index is 3170. The first kappa shape index (κ1) is 30.6. The van der Waals surface area contributed by atoms with E-state index in [1.54, 1.807) is 0 Å². The maximum Gasteiger partial charge on any atom is -0.00262 e. The molecule has 0 fully saturated rings. The Balaban J connectivity index is 1.09. The third-order valence-corrected chi connectivity index (χ3v) is 11.4. The molecule has 0 heteroatoms. The topological polar surface area (TPSA) is 0 Å². The summed E-state index contributed by atoms with van der Waals surface area (Å²) in [5.41, 5.74) is 9.93. The van der Waals surface area contributed by atoms with Crippen molar-refractivity contribution in [2.75, 3.05) is 0 Å². The van der Waals surface area contributed by atoms with Gasteiger partial charge in [0.05, 0.1) is 0 Å². The summed E-state index contributed by atoms with van der Waals surface area (Å²) in [6.45, 7) is 0. The lowest BCUT2D eigenvalue weighted by Crippen LogP contribution is -1.91. The van der Waals surface area contributed by atoms with Crippen LogP contribution in [0.3, 0.4) is 0 Å². The smallest absolute Gasteiger partial charge is 0.00262 e. The second-order valence-corrected chi connectivity index (χ2v) is 14.4. The fourth-order valence-electron chi connectivity index (χ4n) is 8.90. The van der Waals surface area contributed by atoms with Crippen molar-refractivity contribution in [3.05, 3.63) is 206 Å². The highest BCUT2D eigenvalue weighted by molar-refractivity contribution is 6.26. The van der Waals surface area contributed by atoms with Crippen LogP contribution in [0.4, 0.5) is 0 Å². The van der Waals surface area contributed by atoms with E-state index in [4.69, 9.17) is 0 Å². The summed E-state index contributed by atoms with van der Waals surface area (Å²) in [6, 6.07) is 76.1. The molecule has 54 heavy (non-hydrogen) atoms. The molecular formula is C54H34. The SMILES string of the molecule is c1ccc(-c2cccc(-c3c4ccccc4c(-c4ccc5ccc(-c6ccc7c8ccccc8c8ccccc8c7c6)cc5c4)c4ccccc34)c2)cc1. The Hall–Kier alpha value is -7.02. The minimum atomic E-state index is 1.22. The minimum absolute atomic E-state index is 1.22. The highest BCUT2D eigenvalue weighted by Gasteiger charge is 2.17. The zero-order chi connectivity index (χ0) is 35.6. The molecule has 11 aromatic carbocycles. The molecule has 0 atom stereocenters. The predicted molar refractivity (Wildman–Crippen MR) is 233 cm³/mol. The maximum atomic E-state index is 2.40. The average molecular weight is 683 g/mol. The molecule has 0 nitrogen and oxygen atoms in total. The van der Waals surface area contributed by atoms with Crippen LogP contribution in [0.2, 0.25) is 0 Å². The molecule has 0 radical (unpaired) electrons. The van der Waals surface area contributed by atoms with Gasteiger partial charge in [-0.05, 0) is 133 Å². The van der Waals surface area contributed by atoms with Crippen molar-refractivity contribution in [1.82, 2.24) is 0 Å². The largest absolute Gasteiger partial charge is 0.0622 e. The standard InChI is InChI=1S/C54H34/c1-2-13-35(14-3-1)37-15-12-16-40(31-37)53-48-21-8-10-23-50(48)54(51-24-11-9-22-49(51)53)41-28-26-36-25-27-38(32-42(36)33-41)39-29-30-47-45-19-5-4-17-43(45)44-18-6-7-20-46(44)52(47)34-39/h1-34H. The quantitative estimate of drug-likeness (QED) is 0.128. The summed E-state index contributed by atoms with van der Waals surface area (Å²) < 4.78 is 0. The van der Waals surface area contributed by atoms with Crippen molar-refractivity contribution in [1.29, 1.82) is 0 Å². The Morgan fingerprint density at radius 2 is 0.537 bits per heavy atom. The van der Waals surface area contributed by atoms with Gasteiger partial charge in [-0.1, -0.05) is 182 Å². The number of rotatable bonds is 4. The van der Waals surface area contributed by atoms with Crippen LogP contribution in [-0.4, -0.2) is 0 Å². The van der Waals surface area contributed by atoms with Gasteiger partial charge in [-0.15, -0.1) is 0 Å². The number of fused-ring (bicyclic) bond motifs is 9. The van der Waals surface area contributed by atoms with E-state index in [0.717, 1.165) is 0 Å². The molecular weight excluding hydrogens is 649 g/mol. The Morgan fingerprint density at radius 3 is 1.13 bits per heavy atom. The Kier molecular flexibility index (Phi) is 6.97. The van der Waals surface area contributed by atoms with E-state index in [0.29, 0.717) is 0 Å². The highest BCUT2D eigenvalue weighted by Crippen LogP contribution is 2.45. The lowest BCUT2D eigenvalue weighted by Gasteiger charge is -2.18. The van der Waals surface area contributed by atoms with E-state index in [2.05, 4.69) is 206 Å². The van der Waals surface area contributed by atoms with Gasteiger partial charge in [0.25, 0.3) is 0 Å². The highest BCUT2D eigenvalue weighted by atomic mass is 14.2. The fourth-order valence-corrected chi connectivity index (χ4v) is 8.90. The van der Waals surface area contributed by atoms with Crippen LogP contribution in [0, 0.1) is 0 Å². The lowest BCUT2D eigenvalue weighted by atomic mass is 9.85. The van der Waals surface area contributed by atoms with Crippen molar-refractivity contribution >= 4 is 64.6 Å². The summed E-state index contributed by atoms with van der Waals surface area (Å²) >= 11 is 0. The summed E-state index contributed by atoms with van der Waals surface area (Å²) in [6.07, 6.45) is 0. The molecule has 0 N–H and O–H groups in total. The zero-order valence-corrected chi connectivity index (χ0v) is 29.6. The van der Waals surface area contributed by atoms with Crippen LogP contribution in [-0.2, 0) is 0 Å². The molecule has 11 aromatic rings. The van der Waals surface area contributed by atoms with Crippen molar-refractivity contribution in [2.45, 2.75) is 0 Å². The first-order chi connectivity index (χ1) is 26.8. The van der Waals surface area contributed by atoms with Crippen LogP contribution < -0.4 is 0 Å². The summed E-state index contributed by atoms with van der Waals surface area (Å²) in [5.74, 6) is 0. The van der Waals surface area contributed by atoms with Gasteiger partial charge >= 0.3 is 0 Å². The van der Waals surface area contributed by atoms with Gasteiger partial charge in [0, 0.05) is 0 Å². The van der Waals surface area contributed by atoms with Crippen molar-refractivity contribution in [3.63, 3.8) is 0 Å². The van der Waals surface area contributed by atoms with Gasteiger partial charge in [0.15, 0.2) is 0 Å². The van der Waals surface area contributed by atoms with E-state index in [1.807, 2.05) is 0 Å². The molecule has 250 valence electrons. The molecule has 0 heterocycles. The van der Waals surface area contributed by atoms with E-state index in [-0.39, 0.29) is 0 Å². The van der Waals surface area contributed by atoms with Crippen molar-refractivity contribution in [2.24, 2.45) is 0 Å². The van der Waals surface area contributed by atoms with E-state index < -0.39 is 0 Å². The molecule has 0 bridgehead atoms. The van der Waals surface area contributed by atoms with Gasteiger partial charge in [-0.25, -0.2) is 0 Å². The third kappa shape index (κ3) is 4.85. The number of hydrogen-bond donors (Lipinski definition) is 0. The second kappa shape index (κ2) is 12.3. The molecule has 0 aromatic heterocycles. The van der Waals surface area contributed by atoms with Gasteiger partial charge in [-0.3, -0.25) is 0 Å². The van der Waals surface area contributed by atoms with Gasteiger partial charge in [0.2, 0.25) is 0 Å². The average Bonchev–Trinajstić information content (AvgIpc) is 3.25. The molecule has 0 aliphatic heterocycles. The molecule has 0 aliphatic carbocycles. The first-order valence-electron chi connectivity index (χ1n) is 18.8. The summed E-state index contributed by atoms with van der Waals surface area (Å²) in [5, 5.41) is 15.3. The first-order valence-corrected chi connectivity index (χ1v) is 18.8. The van der Waals surface area contributed by atoms with Crippen LogP contribution in [0.1, 0.15) is 0 Å². The molecule has 0 amide bonds. The predicted octanol–water partition coefficient (Wildman–Crippen LogP) is 15.3. The van der Waals surface area contributed by atoms with Crippen molar-refractivity contribution < 1.29 is 0 Å². The van der Waals surface area contributed by atoms with Gasteiger partial charge in [0.1, 0.15) is 0 Å². The van der Waals surface area contributed by atoms with E-state index in [9.17, 15) is 0 Å². The number of benzene rings is 11. The molecule has 0 saturated carbocycles. The molecule has 11 rings (SSSR count). The summed E-state index contributed by atoms with van der Waals surface area (Å²) in [4.78, 5) is 0. The fraction of sp³-hybridized carbons (Fsp3) is 0. The van der Waals surface area contributed by atoms with E-state index in [1.165, 1.54) is 109 Å². The lowest BCUT2D eigenvalue weighted by molar-refractivity contribution is 1.61. The van der Waals surface area contributed by atoms with Gasteiger partial charge < -0.3 is 0 Å². The molecule has 0 spiro atoms.